The largest absolute Gasteiger partial charge is 0.396 e. The second kappa shape index (κ2) is 6.10. The van der Waals surface area contributed by atoms with Crippen molar-refractivity contribution in [2.75, 3.05) is 32.9 Å². The zero-order valence-electron chi connectivity index (χ0n) is 11.7. The van der Waals surface area contributed by atoms with Gasteiger partial charge in [-0.05, 0) is 54.5 Å². The Bertz CT molecular complexity index is 523. The van der Waals surface area contributed by atoms with Crippen molar-refractivity contribution in [1.82, 2.24) is 9.80 Å². The highest BCUT2D eigenvalue weighted by atomic mass is 79.9. The van der Waals surface area contributed by atoms with E-state index in [0.29, 0.717) is 10.0 Å². The Kier molecular flexibility index (Phi) is 4.65. The van der Waals surface area contributed by atoms with Gasteiger partial charge in [0, 0.05) is 24.1 Å². The van der Waals surface area contributed by atoms with E-state index >= 15 is 0 Å². The standard InChI is InChI=1S/C14H19BrFN3O/c1-18-5-3-4-9(8-18)19(2)14(20)10-6-13(17)12(16)7-11(10)15/h6-7,9H,3-5,8,17H2,1-2H3. The van der Waals surface area contributed by atoms with Crippen molar-refractivity contribution in [2.45, 2.75) is 18.9 Å². The lowest BCUT2D eigenvalue weighted by Crippen LogP contribution is -2.47. The fourth-order valence-electron chi connectivity index (χ4n) is 2.54. The zero-order chi connectivity index (χ0) is 14.9. The highest BCUT2D eigenvalue weighted by Crippen LogP contribution is 2.25. The normalized spacial score (nSPS) is 19.9. The van der Waals surface area contributed by atoms with Crippen LogP contribution in [0.25, 0.3) is 0 Å². The monoisotopic (exact) mass is 343 g/mol. The third kappa shape index (κ3) is 3.12. The van der Waals surface area contributed by atoms with E-state index in [2.05, 4.69) is 27.9 Å². The quantitative estimate of drug-likeness (QED) is 0.838. The summed E-state index contributed by atoms with van der Waals surface area (Å²) >= 11 is 3.23. The highest BCUT2D eigenvalue weighted by molar-refractivity contribution is 9.10. The number of nitrogens with two attached hydrogens (primary N) is 1. The van der Waals surface area contributed by atoms with E-state index in [1.54, 1.807) is 11.9 Å². The Morgan fingerprint density at radius 2 is 2.25 bits per heavy atom. The highest BCUT2D eigenvalue weighted by Gasteiger charge is 2.26. The number of carbonyl (C=O) groups is 1. The number of likely N-dealkylation sites (N-methyl/N-ethyl adjacent to an activating group) is 2. The SMILES string of the molecule is CN1CCCC(N(C)C(=O)c2cc(N)c(F)cc2Br)C1. The lowest BCUT2D eigenvalue weighted by atomic mass is 10.0. The second-order valence-electron chi connectivity index (χ2n) is 5.33. The third-order valence-electron chi connectivity index (χ3n) is 3.78. The Balaban J connectivity index is 2.20. The molecule has 0 radical (unpaired) electrons. The van der Waals surface area contributed by atoms with E-state index in [1.807, 2.05) is 0 Å². The van der Waals surface area contributed by atoms with Crippen LogP contribution in [0.3, 0.4) is 0 Å². The number of nitrogens with zero attached hydrogens (tertiary/aromatic N) is 2. The number of likely N-dealkylation sites (tertiary alicyclic amines) is 1. The van der Waals surface area contributed by atoms with Gasteiger partial charge >= 0.3 is 0 Å². The molecule has 6 heteroatoms. The lowest BCUT2D eigenvalue weighted by molar-refractivity contribution is 0.0643. The predicted octanol–water partition coefficient (Wildman–Crippen LogP) is 2.34. The maximum atomic E-state index is 13.3. The van der Waals surface area contributed by atoms with Crippen LogP contribution in [0, 0.1) is 5.82 Å². The topological polar surface area (TPSA) is 49.6 Å². The van der Waals surface area contributed by atoms with Gasteiger partial charge in [0.15, 0.2) is 0 Å². The summed E-state index contributed by atoms with van der Waals surface area (Å²) in [5.74, 6) is -0.655. The summed E-state index contributed by atoms with van der Waals surface area (Å²) in [5, 5.41) is 0. The second-order valence-corrected chi connectivity index (χ2v) is 6.18. The minimum atomic E-state index is -0.520. The summed E-state index contributed by atoms with van der Waals surface area (Å²) in [7, 11) is 3.84. The van der Waals surface area contributed by atoms with Crippen molar-refractivity contribution in [3.63, 3.8) is 0 Å². The van der Waals surface area contributed by atoms with Crippen LogP contribution >= 0.6 is 15.9 Å². The molecule has 20 heavy (non-hydrogen) atoms. The van der Waals surface area contributed by atoms with Gasteiger partial charge in [0.2, 0.25) is 0 Å². The summed E-state index contributed by atoms with van der Waals surface area (Å²) in [6.07, 6.45) is 2.06. The van der Waals surface area contributed by atoms with Crippen molar-refractivity contribution < 1.29 is 9.18 Å². The van der Waals surface area contributed by atoms with Gasteiger partial charge in [-0.1, -0.05) is 0 Å². The molecular formula is C14H19BrFN3O. The van der Waals surface area contributed by atoms with Crippen LogP contribution in [0.5, 0.6) is 0 Å². The van der Waals surface area contributed by atoms with Gasteiger partial charge in [-0.25, -0.2) is 4.39 Å². The molecule has 1 aromatic carbocycles. The number of nitrogen functional groups attached to an aromatic ring is 1. The number of hydrogen-bond donors (Lipinski definition) is 1. The van der Waals surface area contributed by atoms with E-state index < -0.39 is 5.82 Å². The average molecular weight is 344 g/mol. The number of piperidine rings is 1. The first kappa shape index (κ1) is 15.3. The summed E-state index contributed by atoms with van der Waals surface area (Å²) in [6.45, 7) is 1.92. The van der Waals surface area contributed by atoms with Crippen LogP contribution in [-0.2, 0) is 0 Å². The van der Waals surface area contributed by atoms with E-state index in [1.165, 1.54) is 12.1 Å². The smallest absolute Gasteiger partial charge is 0.255 e. The molecule has 1 aromatic rings. The summed E-state index contributed by atoms with van der Waals surface area (Å²) in [6, 6.07) is 2.81. The van der Waals surface area contributed by atoms with Gasteiger partial charge in [-0.2, -0.15) is 0 Å². The van der Waals surface area contributed by atoms with Gasteiger partial charge < -0.3 is 15.5 Å². The number of rotatable bonds is 2. The summed E-state index contributed by atoms with van der Waals surface area (Å²) in [5.41, 5.74) is 5.95. The van der Waals surface area contributed by atoms with Crippen molar-refractivity contribution in [2.24, 2.45) is 0 Å². The fourth-order valence-corrected chi connectivity index (χ4v) is 3.03. The molecule has 0 aromatic heterocycles. The number of amides is 1. The van der Waals surface area contributed by atoms with E-state index in [9.17, 15) is 9.18 Å². The van der Waals surface area contributed by atoms with Gasteiger partial charge in [0.05, 0.1) is 11.3 Å². The zero-order valence-corrected chi connectivity index (χ0v) is 13.3. The number of carbonyl (C=O) groups excluding carboxylic acids is 1. The van der Waals surface area contributed by atoms with Gasteiger partial charge in [0.25, 0.3) is 5.91 Å². The molecule has 0 spiro atoms. The summed E-state index contributed by atoms with van der Waals surface area (Å²) < 4.78 is 13.8. The maximum Gasteiger partial charge on any atom is 0.255 e. The summed E-state index contributed by atoms with van der Waals surface area (Å²) in [4.78, 5) is 16.5. The van der Waals surface area contributed by atoms with Crippen LogP contribution < -0.4 is 5.73 Å². The first-order chi connectivity index (χ1) is 9.40. The molecule has 110 valence electrons. The van der Waals surface area contributed by atoms with Gasteiger partial charge in [-0.3, -0.25) is 4.79 Å². The number of halogens is 2. The molecule has 1 fully saturated rings. The van der Waals surface area contributed by atoms with Crippen molar-refractivity contribution in [3.05, 3.63) is 28.0 Å². The molecule has 1 aliphatic heterocycles. The average Bonchev–Trinajstić information content (AvgIpc) is 2.41. The molecule has 1 unspecified atom stereocenters. The van der Waals surface area contributed by atoms with E-state index in [0.717, 1.165) is 25.9 Å². The Labute approximate surface area is 126 Å². The van der Waals surface area contributed by atoms with E-state index in [4.69, 9.17) is 5.73 Å². The third-order valence-corrected chi connectivity index (χ3v) is 4.44. The maximum absolute atomic E-state index is 13.3. The van der Waals surface area contributed by atoms with Gasteiger partial charge in [0.1, 0.15) is 5.82 Å². The molecule has 0 aliphatic carbocycles. The number of benzene rings is 1. The molecule has 1 aliphatic rings. The van der Waals surface area contributed by atoms with Crippen LogP contribution in [0.2, 0.25) is 0 Å². The Morgan fingerprint density at radius 1 is 1.55 bits per heavy atom. The van der Waals surface area contributed by atoms with Crippen molar-refractivity contribution >= 4 is 27.5 Å². The molecule has 1 saturated heterocycles. The van der Waals surface area contributed by atoms with E-state index in [-0.39, 0.29) is 17.6 Å². The van der Waals surface area contributed by atoms with Crippen LogP contribution in [0.4, 0.5) is 10.1 Å². The molecule has 0 saturated carbocycles. The van der Waals surface area contributed by atoms with Crippen molar-refractivity contribution in [1.29, 1.82) is 0 Å². The molecule has 1 heterocycles. The molecular weight excluding hydrogens is 325 g/mol. The Hall–Kier alpha value is -1.14. The van der Waals surface area contributed by atoms with Crippen LogP contribution in [-0.4, -0.2) is 48.9 Å². The molecule has 1 amide bonds. The van der Waals surface area contributed by atoms with Crippen molar-refractivity contribution in [3.8, 4) is 0 Å². The van der Waals surface area contributed by atoms with Crippen LogP contribution in [0.1, 0.15) is 23.2 Å². The molecule has 2 N–H and O–H groups in total. The first-order valence-electron chi connectivity index (χ1n) is 6.60. The first-order valence-corrected chi connectivity index (χ1v) is 7.39. The predicted molar refractivity (Wildman–Crippen MR) is 81.1 cm³/mol. The molecule has 1 atom stereocenters. The van der Waals surface area contributed by atoms with Gasteiger partial charge in [-0.15, -0.1) is 0 Å². The van der Waals surface area contributed by atoms with Crippen LogP contribution in [0.15, 0.2) is 16.6 Å². The number of hydrogen-bond acceptors (Lipinski definition) is 3. The lowest BCUT2D eigenvalue weighted by Gasteiger charge is -2.36. The minimum Gasteiger partial charge on any atom is -0.396 e. The fraction of sp³-hybridized carbons (Fsp3) is 0.500. The molecule has 2 rings (SSSR count). The molecule has 0 bridgehead atoms. The number of anilines is 1. The Morgan fingerprint density at radius 3 is 2.90 bits per heavy atom. The minimum absolute atomic E-state index is 0.00860. The molecule has 4 nitrogen and oxygen atoms in total.